The summed E-state index contributed by atoms with van der Waals surface area (Å²) in [6.07, 6.45) is 13.0. The standard InChI is InChI=1S/C25H27N8/c1-25(2)15-33(9-8-28-25)24-22-19(16-4-5-16)12-26-13-21(22)30-23(31-24)17-6-7-27-20(10-17)18-11-29-32(3)14-18/h6-7,10,12-14,16,28H,4-5,8-9,15H2,1-3H3. The smallest absolute Gasteiger partial charge is 0.162 e. The van der Waals surface area contributed by atoms with Gasteiger partial charge in [0.05, 0.1) is 17.4 Å². The number of nitrogens with one attached hydrogen (secondary N) is 1. The first-order valence-electron chi connectivity index (χ1n) is 11.5. The minimum absolute atomic E-state index is 0.0163. The van der Waals surface area contributed by atoms with E-state index in [9.17, 15) is 0 Å². The molecule has 1 N–H and O–H groups in total. The van der Waals surface area contributed by atoms with Crippen LogP contribution in [-0.4, -0.2) is 54.9 Å². The lowest BCUT2D eigenvalue weighted by Crippen LogP contribution is -2.57. The van der Waals surface area contributed by atoms with E-state index in [1.165, 1.54) is 18.4 Å². The van der Waals surface area contributed by atoms with E-state index in [4.69, 9.17) is 9.97 Å². The Morgan fingerprint density at radius 3 is 2.82 bits per heavy atom. The molecule has 167 valence electrons. The van der Waals surface area contributed by atoms with Crippen molar-refractivity contribution >= 4 is 16.7 Å². The van der Waals surface area contributed by atoms with Gasteiger partial charge in [0.2, 0.25) is 0 Å². The number of aryl methyl sites for hydroxylation is 1. The molecule has 2 fully saturated rings. The minimum Gasteiger partial charge on any atom is -0.353 e. The molecule has 8 nitrogen and oxygen atoms in total. The second kappa shape index (κ2) is 7.59. The summed E-state index contributed by atoms with van der Waals surface area (Å²) >= 11 is 0. The zero-order chi connectivity index (χ0) is 22.6. The molecule has 1 saturated heterocycles. The van der Waals surface area contributed by atoms with Crippen LogP contribution in [0.4, 0.5) is 5.82 Å². The highest BCUT2D eigenvalue weighted by Crippen LogP contribution is 2.45. The van der Waals surface area contributed by atoms with Gasteiger partial charge in [-0.15, -0.1) is 0 Å². The molecule has 1 aliphatic heterocycles. The van der Waals surface area contributed by atoms with Crippen molar-refractivity contribution in [2.75, 3.05) is 24.5 Å². The maximum atomic E-state index is 5.17. The maximum absolute atomic E-state index is 5.17. The van der Waals surface area contributed by atoms with Gasteiger partial charge in [-0.25, -0.2) is 9.97 Å². The molecular weight excluding hydrogens is 412 g/mol. The molecule has 2 aliphatic rings. The van der Waals surface area contributed by atoms with Crippen LogP contribution in [0.1, 0.15) is 38.2 Å². The van der Waals surface area contributed by atoms with Gasteiger partial charge in [0, 0.05) is 67.3 Å². The van der Waals surface area contributed by atoms with Crippen LogP contribution in [0.2, 0.25) is 0 Å². The van der Waals surface area contributed by atoms with Gasteiger partial charge in [0.25, 0.3) is 0 Å². The molecule has 1 radical (unpaired) electrons. The Hall–Kier alpha value is -3.39. The van der Waals surface area contributed by atoms with Crippen LogP contribution < -0.4 is 10.2 Å². The maximum Gasteiger partial charge on any atom is 0.162 e. The molecule has 1 aliphatic carbocycles. The highest BCUT2D eigenvalue weighted by atomic mass is 15.3. The fraction of sp³-hybridized carbons (Fsp3) is 0.400. The van der Waals surface area contributed by atoms with E-state index >= 15 is 0 Å². The molecule has 1 saturated carbocycles. The van der Waals surface area contributed by atoms with Crippen LogP contribution >= 0.6 is 0 Å². The number of anilines is 1. The Balaban J connectivity index is 1.51. The van der Waals surface area contributed by atoms with Crippen molar-refractivity contribution in [3.05, 3.63) is 48.7 Å². The predicted octanol–water partition coefficient (Wildman–Crippen LogP) is 3.35. The number of nitrogens with zero attached hydrogens (tertiary/aromatic N) is 7. The third kappa shape index (κ3) is 3.84. The van der Waals surface area contributed by atoms with Gasteiger partial charge in [-0.2, -0.15) is 5.10 Å². The van der Waals surface area contributed by atoms with Crippen LogP contribution in [0.25, 0.3) is 33.5 Å². The SMILES string of the molecule is Cn1cc(-c2cc(-c3nc(N4CCNC(C)(C)C4)c4c(C5CC5)cncc4n3)ccn2)[c]n1. The second-order valence-corrected chi connectivity index (χ2v) is 9.76. The lowest BCUT2D eigenvalue weighted by molar-refractivity contribution is 0.352. The van der Waals surface area contributed by atoms with Crippen molar-refractivity contribution in [2.45, 2.75) is 38.1 Å². The highest BCUT2D eigenvalue weighted by Gasteiger charge is 2.32. The largest absolute Gasteiger partial charge is 0.353 e. The van der Waals surface area contributed by atoms with Gasteiger partial charge < -0.3 is 10.2 Å². The molecule has 0 spiro atoms. The summed E-state index contributed by atoms with van der Waals surface area (Å²) in [4.78, 5) is 21.6. The fourth-order valence-electron chi connectivity index (χ4n) is 4.69. The molecule has 0 bridgehead atoms. The quantitative estimate of drug-likeness (QED) is 0.522. The number of aromatic nitrogens is 6. The molecule has 8 heteroatoms. The zero-order valence-electron chi connectivity index (χ0n) is 19.2. The van der Waals surface area contributed by atoms with Gasteiger partial charge in [-0.3, -0.25) is 14.6 Å². The fourth-order valence-corrected chi connectivity index (χ4v) is 4.69. The topological polar surface area (TPSA) is 84.7 Å². The van der Waals surface area contributed by atoms with Crippen LogP contribution in [0, 0.1) is 6.20 Å². The lowest BCUT2D eigenvalue weighted by Gasteiger charge is -2.40. The van der Waals surface area contributed by atoms with Crippen molar-refractivity contribution in [3.63, 3.8) is 0 Å². The molecule has 0 atom stereocenters. The molecule has 5 heterocycles. The van der Waals surface area contributed by atoms with E-state index in [2.05, 4.69) is 45.3 Å². The van der Waals surface area contributed by atoms with Crippen molar-refractivity contribution in [1.29, 1.82) is 0 Å². The van der Waals surface area contributed by atoms with Gasteiger partial charge in [-0.05, 0) is 50.3 Å². The normalized spacial score (nSPS) is 18.1. The number of pyridine rings is 2. The Bertz CT molecular complexity index is 1340. The Kier molecular flexibility index (Phi) is 4.65. The summed E-state index contributed by atoms with van der Waals surface area (Å²) < 4.78 is 1.73. The Morgan fingerprint density at radius 2 is 2.06 bits per heavy atom. The number of fused-ring (bicyclic) bond motifs is 1. The Morgan fingerprint density at radius 1 is 1.18 bits per heavy atom. The van der Waals surface area contributed by atoms with Crippen LogP contribution in [0.15, 0.2) is 36.9 Å². The van der Waals surface area contributed by atoms with Crippen LogP contribution in [-0.2, 0) is 7.05 Å². The predicted molar refractivity (Wildman–Crippen MR) is 128 cm³/mol. The van der Waals surface area contributed by atoms with Crippen LogP contribution in [0.5, 0.6) is 0 Å². The van der Waals surface area contributed by atoms with Crippen molar-refractivity contribution in [2.24, 2.45) is 7.05 Å². The van der Waals surface area contributed by atoms with E-state index < -0.39 is 0 Å². The van der Waals surface area contributed by atoms with Crippen molar-refractivity contribution < 1.29 is 0 Å². The minimum atomic E-state index is 0.0163. The molecule has 6 rings (SSSR count). The summed E-state index contributed by atoms with van der Waals surface area (Å²) in [6.45, 7) is 7.21. The zero-order valence-corrected chi connectivity index (χ0v) is 19.2. The van der Waals surface area contributed by atoms with Crippen LogP contribution in [0.3, 0.4) is 0 Å². The molecule has 4 aromatic heterocycles. The molecule has 0 amide bonds. The third-order valence-corrected chi connectivity index (χ3v) is 6.44. The number of hydrogen-bond acceptors (Lipinski definition) is 7. The van der Waals surface area contributed by atoms with Crippen molar-refractivity contribution in [3.8, 4) is 22.6 Å². The average molecular weight is 440 g/mol. The average Bonchev–Trinajstić information content (AvgIpc) is 3.57. The molecule has 4 aromatic rings. The number of rotatable bonds is 4. The van der Waals surface area contributed by atoms with Gasteiger partial charge in [-0.1, -0.05) is 0 Å². The first-order valence-corrected chi connectivity index (χ1v) is 11.5. The van der Waals surface area contributed by atoms with Gasteiger partial charge in [0.1, 0.15) is 12.0 Å². The summed E-state index contributed by atoms with van der Waals surface area (Å²) in [5.74, 6) is 2.27. The summed E-state index contributed by atoms with van der Waals surface area (Å²) in [5, 5.41) is 8.93. The van der Waals surface area contributed by atoms with Crippen molar-refractivity contribution in [1.82, 2.24) is 35.0 Å². The van der Waals surface area contributed by atoms with E-state index in [1.54, 1.807) is 10.9 Å². The first kappa shape index (κ1) is 20.2. The van der Waals surface area contributed by atoms with E-state index in [-0.39, 0.29) is 5.54 Å². The summed E-state index contributed by atoms with van der Waals surface area (Å²) in [6, 6.07) is 3.98. The van der Waals surface area contributed by atoms with Gasteiger partial charge >= 0.3 is 0 Å². The van der Waals surface area contributed by atoms with E-state index in [0.29, 0.717) is 11.7 Å². The third-order valence-electron chi connectivity index (χ3n) is 6.44. The van der Waals surface area contributed by atoms with E-state index in [0.717, 1.165) is 53.2 Å². The summed E-state index contributed by atoms with van der Waals surface area (Å²) in [5.41, 5.74) is 4.78. The first-order chi connectivity index (χ1) is 16.0. The molecular formula is C25H27N8. The number of hydrogen-bond donors (Lipinski definition) is 1. The lowest BCUT2D eigenvalue weighted by atomic mass is 10.0. The van der Waals surface area contributed by atoms with E-state index in [1.807, 2.05) is 37.8 Å². The molecule has 0 aromatic carbocycles. The summed E-state index contributed by atoms with van der Waals surface area (Å²) in [7, 11) is 1.88. The Labute approximate surface area is 193 Å². The number of piperazine rings is 1. The monoisotopic (exact) mass is 439 g/mol. The highest BCUT2D eigenvalue weighted by molar-refractivity contribution is 5.94. The van der Waals surface area contributed by atoms with Gasteiger partial charge in [0.15, 0.2) is 5.82 Å². The molecule has 33 heavy (non-hydrogen) atoms. The molecule has 0 unspecified atom stereocenters. The second-order valence-electron chi connectivity index (χ2n) is 9.76.